The Balaban J connectivity index is 2.99. The van der Waals surface area contributed by atoms with Gasteiger partial charge in [-0.2, -0.15) is 0 Å². The monoisotopic (exact) mass is 466 g/mol. The molecule has 0 aromatic heterocycles. The lowest BCUT2D eigenvalue weighted by atomic mass is 10.0. The van der Waals surface area contributed by atoms with E-state index >= 15 is 0 Å². The maximum Gasteiger partial charge on any atom is 0.326 e. The molecule has 33 heavy (non-hydrogen) atoms. The van der Waals surface area contributed by atoms with E-state index in [1.807, 2.05) is 0 Å². The molecule has 11 N–H and O–H groups in total. The smallest absolute Gasteiger partial charge is 0.326 e. The minimum absolute atomic E-state index is 0.0360. The Morgan fingerprint density at radius 3 is 1.67 bits per heavy atom. The Kier molecular flexibility index (Phi) is 10.3. The van der Waals surface area contributed by atoms with Gasteiger partial charge in [-0.05, 0) is 17.7 Å². The van der Waals surface area contributed by atoms with Crippen LogP contribution in [0.1, 0.15) is 18.4 Å². The molecule has 0 aliphatic rings. The zero-order chi connectivity index (χ0) is 25.1. The summed E-state index contributed by atoms with van der Waals surface area (Å²) in [4.78, 5) is 70.9. The summed E-state index contributed by atoms with van der Waals surface area (Å²) in [6.45, 7) is -0.495. The van der Waals surface area contributed by atoms with Crippen LogP contribution < -0.4 is 33.2 Å². The summed E-state index contributed by atoms with van der Waals surface area (Å²) in [6, 6.07) is 1.02. The molecule has 1 aromatic carbocycles. The van der Waals surface area contributed by atoms with Gasteiger partial charge in [0.25, 0.3) is 0 Å². The Labute approximate surface area is 187 Å². The summed E-state index contributed by atoms with van der Waals surface area (Å²) in [5.41, 5.74) is 15.8. The first kappa shape index (κ1) is 26.8. The number of hydrogen-bond acceptors (Lipinski definition) is 8. The third kappa shape index (κ3) is 9.65. The predicted molar refractivity (Wildman–Crippen MR) is 112 cm³/mol. The highest BCUT2D eigenvalue weighted by molar-refractivity contribution is 5.97. The lowest BCUT2D eigenvalue weighted by Gasteiger charge is -2.23. The van der Waals surface area contributed by atoms with Crippen LogP contribution in [0.5, 0.6) is 5.75 Å². The first-order chi connectivity index (χ1) is 15.4. The number of amides is 5. The Morgan fingerprint density at radius 1 is 0.788 bits per heavy atom. The number of carboxylic acid groups (broad SMARTS) is 1. The van der Waals surface area contributed by atoms with Gasteiger partial charge >= 0.3 is 5.97 Å². The third-order valence-electron chi connectivity index (χ3n) is 4.27. The van der Waals surface area contributed by atoms with Gasteiger partial charge in [-0.25, -0.2) is 4.79 Å². The fourth-order valence-electron chi connectivity index (χ4n) is 2.69. The van der Waals surface area contributed by atoms with Gasteiger partial charge in [-0.1, -0.05) is 12.1 Å². The summed E-state index contributed by atoms with van der Waals surface area (Å²) in [7, 11) is 0. The van der Waals surface area contributed by atoms with E-state index in [-0.39, 0.29) is 12.2 Å². The van der Waals surface area contributed by atoms with Gasteiger partial charge in [0.05, 0.1) is 19.4 Å². The molecule has 0 saturated carbocycles. The minimum Gasteiger partial charge on any atom is -0.508 e. The maximum atomic E-state index is 12.7. The standard InChI is InChI=1S/C19H26N6O8/c20-8-16(29)23-11(6-14(21)27)17(30)24-12(7-15(22)28)18(31)25-13(19(32)33)5-9-1-3-10(26)4-2-9/h1-4,11-13,26H,5-8,20H2,(H2,21,27)(H2,22,28)(H,23,29)(H,24,30)(H,25,31)(H,32,33). The lowest BCUT2D eigenvalue weighted by molar-refractivity contribution is -0.142. The van der Waals surface area contributed by atoms with Crippen molar-refractivity contribution in [3.05, 3.63) is 29.8 Å². The van der Waals surface area contributed by atoms with E-state index in [9.17, 15) is 39.0 Å². The van der Waals surface area contributed by atoms with E-state index in [1.165, 1.54) is 24.3 Å². The summed E-state index contributed by atoms with van der Waals surface area (Å²) >= 11 is 0. The van der Waals surface area contributed by atoms with Crippen molar-refractivity contribution < 1.29 is 39.0 Å². The van der Waals surface area contributed by atoms with Gasteiger partial charge in [-0.3, -0.25) is 24.0 Å². The number of nitrogens with one attached hydrogen (secondary N) is 3. The summed E-state index contributed by atoms with van der Waals surface area (Å²) in [6.07, 6.45) is -1.49. The zero-order valence-electron chi connectivity index (χ0n) is 17.4. The topological polar surface area (TPSA) is 257 Å². The number of phenols is 1. The number of carboxylic acids is 1. The maximum absolute atomic E-state index is 12.7. The van der Waals surface area contributed by atoms with Gasteiger partial charge in [0.1, 0.15) is 23.9 Å². The van der Waals surface area contributed by atoms with E-state index < -0.39 is 73.0 Å². The van der Waals surface area contributed by atoms with Crippen LogP contribution in [0.25, 0.3) is 0 Å². The average Bonchev–Trinajstić information content (AvgIpc) is 2.72. The molecule has 14 heteroatoms. The highest BCUT2D eigenvalue weighted by atomic mass is 16.4. The van der Waals surface area contributed by atoms with Crippen LogP contribution in [0.3, 0.4) is 0 Å². The number of hydrogen-bond donors (Lipinski definition) is 8. The van der Waals surface area contributed by atoms with E-state index in [0.29, 0.717) is 5.56 Å². The Hall–Kier alpha value is -4.20. The van der Waals surface area contributed by atoms with Crippen molar-refractivity contribution in [2.75, 3.05) is 6.54 Å². The largest absolute Gasteiger partial charge is 0.508 e. The second kappa shape index (κ2) is 12.6. The number of primary amides is 2. The molecular formula is C19H26N6O8. The normalized spacial score (nSPS) is 13.1. The van der Waals surface area contributed by atoms with Crippen LogP contribution in [0.2, 0.25) is 0 Å². The Bertz CT molecular complexity index is 904. The molecule has 0 spiro atoms. The molecule has 0 aliphatic carbocycles. The van der Waals surface area contributed by atoms with E-state index in [0.717, 1.165) is 0 Å². The molecule has 0 heterocycles. The lowest BCUT2D eigenvalue weighted by Crippen LogP contribution is -2.57. The first-order valence-electron chi connectivity index (χ1n) is 9.60. The van der Waals surface area contributed by atoms with Crippen LogP contribution in [-0.2, 0) is 35.2 Å². The number of phenolic OH excluding ortho intramolecular Hbond substituents is 1. The van der Waals surface area contributed by atoms with Crippen LogP contribution in [-0.4, -0.2) is 70.4 Å². The van der Waals surface area contributed by atoms with Crippen LogP contribution in [0.4, 0.5) is 0 Å². The number of carbonyl (C=O) groups is 6. The van der Waals surface area contributed by atoms with Crippen molar-refractivity contribution in [1.29, 1.82) is 0 Å². The number of aromatic hydroxyl groups is 1. The molecule has 1 rings (SSSR count). The molecule has 0 bridgehead atoms. The van der Waals surface area contributed by atoms with Gasteiger partial charge in [-0.15, -0.1) is 0 Å². The van der Waals surface area contributed by atoms with Crippen molar-refractivity contribution >= 4 is 35.5 Å². The second-order valence-electron chi connectivity index (χ2n) is 7.00. The molecule has 0 fully saturated rings. The third-order valence-corrected chi connectivity index (χ3v) is 4.27. The molecule has 0 radical (unpaired) electrons. The molecule has 5 amide bonds. The molecule has 0 aliphatic heterocycles. The summed E-state index contributed by atoms with van der Waals surface area (Å²) < 4.78 is 0. The molecule has 0 saturated heterocycles. The fourth-order valence-corrected chi connectivity index (χ4v) is 2.69. The number of rotatable bonds is 13. The average molecular weight is 466 g/mol. The predicted octanol–water partition coefficient (Wildman–Crippen LogP) is -3.82. The number of aliphatic carboxylic acids is 1. The second-order valence-corrected chi connectivity index (χ2v) is 7.00. The van der Waals surface area contributed by atoms with Crippen molar-refractivity contribution in [1.82, 2.24) is 16.0 Å². The number of benzene rings is 1. The molecule has 3 atom stereocenters. The van der Waals surface area contributed by atoms with Crippen molar-refractivity contribution in [2.24, 2.45) is 17.2 Å². The van der Waals surface area contributed by atoms with Gasteiger partial charge in [0.15, 0.2) is 0 Å². The highest BCUT2D eigenvalue weighted by Crippen LogP contribution is 2.11. The molecular weight excluding hydrogens is 440 g/mol. The van der Waals surface area contributed by atoms with E-state index in [4.69, 9.17) is 17.2 Å². The van der Waals surface area contributed by atoms with Crippen LogP contribution >= 0.6 is 0 Å². The fraction of sp³-hybridized carbons (Fsp3) is 0.368. The van der Waals surface area contributed by atoms with Gasteiger partial charge in [0, 0.05) is 6.42 Å². The Morgan fingerprint density at radius 2 is 1.24 bits per heavy atom. The SMILES string of the molecule is NCC(=O)NC(CC(N)=O)C(=O)NC(CC(N)=O)C(=O)NC(Cc1ccc(O)cc1)C(=O)O. The molecule has 1 aromatic rings. The quantitative estimate of drug-likeness (QED) is 0.141. The van der Waals surface area contributed by atoms with Crippen LogP contribution in [0, 0.1) is 0 Å². The van der Waals surface area contributed by atoms with E-state index in [1.54, 1.807) is 0 Å². The van der Waals surface area contributed by atoms with Gasteiger partial charge in [0.2, 0.25) is 29.5 Å². The van der Waals surface area contributed by atoms with E-state index in [2.05, 4.69) is 16.0 Å². The van der Waals surface area contributed by atoms with Crippen molar-refractivity contribution in [3.63, 3.8) is 0 Å². The first-order valence-corrected chi connectivity index (χ1v) is 9.60. The van der Waals surface area contributed by atoms with Crippen molar-refractivity contribution in [2.45, 2.75) is 37.4 Å². The van der Waals surface area contributed by atoms with Crippen molar-refractivity contribution in [3.8, 4) is 5.75 Å². The van der Waals surface area contributed by atoms with Gasteiger partial charge < -0.3 is 43.4 Å². The molecule has 180 valence electrons. The number of nitrogens with two attached hydrogens (primary N) is 3. The zero-order valence-corrected chi connectivity index (χ0v) is 17.4. The van der Waals surface area contributed by atoms with Crippen LogP contribution in [0.15, 0.2) is 24.3 Å². The number of carbonyl (C=O) groups excluding carboxylic acids is 5. The highest BCUT2D eigenvalue weighted by Gasteiger charge is 2.31. The minimum atomic E-state index is -1.61. The molecule has 14 nitrogen and oxygen atoms in total. The summed E-state index contributed by atoms with van der Waals surface area (Å²) in [5, 5.41) is 25.3. The molecule has 3 unspecified atom stereocenters. The summed E-state index contributed by atoms with van der Waals surface area (Å²) in [5.74, 6) is -6.24.